The van der Waals surface area contributed by atoms with Gasteiger partial charge in [0.2, 0.25) is 0 Å². The number of amides is 1. The second-order valence-electron chi connectivity index (χ2n) is 8.39. The third kappa shape index (κ3) is 6.58. The molecule has 0 radical (unpaired) electrons. The molecule has 0 heterocycles. The molecule has 8 nitrogen and oxygen atoms in total. The van der Waals surface area contributed by atoms with Gasteiger partial charge in [-0.25, -0.2) is 13.2 Å². The van der Waals surface area contributed by atoms with Crippen molar-refractivity contribution in [1.29, 1.82) is 5.26 Å². The Bertz CT molecular complexity index is 1140. The van der Waals surface area contributed by atoms with E-state index in [2.05, 4.69) is 5.32 Å². The summed E-state index contributed by atoms with van der Waals surface area (Å²) in [5.74, 6) is -1.61. The molecule has 2 aromatic rings. The molecule has 0 fully saturated rings. The first-order valence-electron chi connectivity index (χ1n) is 11.1. The number of hydrogen-bond donors (Lipinski definition) is 1. The van der Waals surface area contributed by atoms with Crippen LogP contribution in [0.5, 0.6) is 0 Å². The monoisotopic (exact) mass is 485 g/mol. The topological polar surface area (TPSA) is 117 Å². The second kappa shape index (κ2) is 11.7. The molecule has 0 bridgehead atoms. The number of nitrogens with one attached hydrogen (secondary N) is 1. The number of esters is 1. The van der Waals surface area contributed by atoms with Gasteiger partial charge in [0.15, 0.2) is 6.61 Å². The lowest BCUT2D eigenvalue weighted by atomic mass is 9.90. The Morgan fingerprint density at radius 3 is 2.41 bits per heavy atom. The summed E-state index contributed by atoms with van der Waals surface area (Å²) in [4.78, 5) is 24.7. The van der Waals surface area contributed by atoms with E-state index in [0.717, 1.165) is 6.42 Å². The highest BCUT2D eigenvalue weighted by molar-refractivity contribution is 7.92. The Kier molecular flexibility index (Phi) is 9.21. The highest BCUT2D eigenvalue weighted by Crippen LogP contribution is 2.25. The highest BCUT2D eigenvalue weighted by atomic mass is 32.2. The number of benzene rings is 2. The number of unbranched alkanes of at least 4 members (excludes halogenated alkanes) is 1. The molecule has 0 saturated carbocycles. The van der Waals surface area contributed by atoms with Crippen molar-refractivity contribution < 1.29 is 22.7 Å². The molecule has 2 aromatic carbocycles. The van der Waals surface area contributed by atoms with Crippen LogP contribution in [0.1, 0.15) is 50.9 Å². The number of hydrogen-bond acceptors (Lipinski definition) is 6. The molecular formula is C25H31N3O5S. The van der Waals surface area contributed by atoms with Gasteiger partial charge in [0.05, 0.1) is 22.2 Å². The van der Waals surface area contributed by atoms with Crippen LogP contribution in [0, 0.1) is 17.2 Å². The van der Waals surface area contributed by atoms with Crippen molar-refractivity contribution in [3.05, 3.63) is 60.2 Å². The molecule has 0 saturated heterocycles. The minimum absolute atomic E-state index is 0.00397. The van der Waals surface area contributed by atoms with E-state index in [1.165, 1.54) is 28.6 Å². The maximum absolute atomic E-state index is 13.4. The van der Waals surface area contributed by atoms with Crippen LogP contribution in [-0.2, 0) is 19.6 Å². The summed E-state index contributed by atoms with van der Waals surface area (Å²) in [5.41, 5.74) is -0.563. The number of carbonyl (C=O) groups excluding carboxylic acids is 2. The lowest BCUT2D eigenvalue weighted by molar-refractivity contribution is -0.125. The van der Waals surface area contributed by atoms with Crippen LogP contribution >= 0.6 is 0 Å². The number of ether oxygens (including phenoxy) is 1. The van der Waals surface area contributed by atoms with Crippen molar-refractivity contribution in [3.63, 3.8) is 0 Å². The first-order valence-corrected chi connectivity index (χ1v) is 12.6. The molecule has 2 rings (SSSR count). The highest BCUT2D eigenvalue weighted by Gasteiger charge is 2.30. The van der Waals surface area contributed by atoms with Gasteiger partial charge < -0.3 is 10.1 Å². The smallest absolute Gasteiger partial charge is 0.338 e. The van der Waals surface area contributed by atoms with Gasteiger partial charge in [-0.15, -0.1) is 0 Å². The van der Waals surface area contributed by atoms with Crippen LogP contribution in [0.15, 0.2) is 59.5 Å². The van der Waals surface area contributed by atoms with Crippen molar-refractivity contribution in [1.82, 2.24) is 5.32 Å². The predicted octanol–water partition coefficient (Wildman–Crippen LogP) is 3.89. The van der Waals surface area contributed by atoms with Crippen LogP contribution in [-0.4, -0.2) is 39.0 Å². The lowest BCUT2D eigenvalue weighted by Crippen LogP contribution is -2.50. The second-order valence-corrected chi connectivity index (χ2v) is 10.2. The molecule has 0 spiro atoms. The number of sulfonamides is 1. The molecule has 0 aromatic heterocycles. The molecule has 9 heteroatoms. The summed E-state index contributed by atoms with van der Waals surface area (Å²) in [6.45, 7) is 6.85. The van der Waals surface area contributed by atoms with Crippen LogP contribution < -0.4 is 9.62 Å². The zero-order chi connectivity index (χ0) is 25.4. The summed E-state index contributed by atoms with van der Waals surface area (Å²) >= 11 is 0. The maximum atomic E-state index is 13.4. The van der Waals surface area contributed by atoms with E-state index in [4.69, 9.17) is 4.74 Å². The Morgan fingerprint density at radius 2 is 1.82 bits per heavy atom. The number of carbonyl (C=O) groups is 2. The largest absolute Gasteiger partial charge is 0.452 e. The first kappa shape index (κ1) is 26.9. The fraction of sp³-hybridized carbons (Fsp3) is 0.400. The average molecular weight is 486 g/mol. The molecule has 0 aliphatic carbocycles. The summed E-state index contributed by atoms with van der Waals surface area (Å²) in [5, 5.41) is 11.9. The van der Waals surface area contributed by atoms with Gasteiger partial charge in [-0.1, -0.05) is 51.5 Å². The number of nitrogens with zero attached hydrogens (tertiary/aromatic N) is 2. The average Bonchev–Trinajstić information content (AvgIpc) is 2.83. The van der Waals surface area contributed by atoms with E-state index in [1.807, 2.05) is 13.0 Å². The van der Waals surface area contributed by atoms with Crippen LogP contribution in [0.3, 0.4) is 0 Å². The van der Waals surface area contributed by atoms with Crippen LogP contribution in [0.25, 0.3) is 0 Å². The van der Waals surface area contributed by atoms with E-state index in [-0.39, 0.29) is 16.4 Å². The number of rotatable bonds is 11. The van der Waals surface area contributed by atoms with Crippen LogP contribution in [0.2, 0.25) is 0 Å². The summed E-state index contributed by atoms with van der Waals surface area (Å²) in [6.07, 6.45) is 1.48. The molecule has 1 N–H and O–H groups in total. The quantitative estimate of drug-likeness (QED) is 0.483. The molecule has 1 unspecified atom stereocenters. The Balaban J connectivity index is 2.20. The zero-order valence-electron chi connectivity index (χ0n) is 19.9. The summed E-state index contributed by atoms with van der Waals surface area (Å²) < 4.78 is 33.2. The Morgan fingerprint density at radius 1 is 1.15 bits per heavy atom. The summed E-state index contributed by atoms with van der Waals surface area (Å²) in [7, 11) is -3.94. The minimum atomic E-state index is -3.94. The molecule has 1 atom stereocenters. The number of nitriles is 1. The number of anilines is 1. The van der Waals surface area contributed by atoms with Gasteiger partial charge in [-0.3, -0.25) is 9.10 Å². The molecule has 182 valence electrons. The molecule has 34 heavy (non-hydrogen) atoms. The summed E-state index contributed by atoms with van der Waals surface area (Å²) in [6, 6.07) is 16.4. The van der Waals surface area contributed by atoms with Gasteiger partial charge in [0, 0.05) is 6.54 Å². The third-order valence-electron chi connectivity index (χ3n) is 5.54. The lowest BCUT2D eigenvalue weighted by Gasteiger charge is -2.27. The van der Waals surface area contributed by atoms with Crippen molar-refractivity contribution in [2.75, 3.05) is 17.5 Å². The Hall–Kier alpha value is -3.38. The van der Waals surface area contributed by atoms with Crippen molar-refractivity contribution in [3.8, 4) is 6.07 Å². The SMILES string of the molecule is CCCCN(c1ccccc1)S(=O)(=O)c1cccc(C(=O)OCC(=O)NC(C)(C#N)C(C)C)c1. The third-order valence-corrected chi connectivity index (χ3v) is 7.36. The maximum Gasteiger partial charge on any atom is 0.338 e. The van der Waals surface area contributed by atoms with E-state index in [1.54, 1.807) is 51.1 Å². The first-order chi connectivity index (χ1) is 16.0. The predicted molar refractivity (Wildman–Crippen MR) is 130 cm³/mol. The van der Waals surface area contributed by atoms with E-state index in [0.29, 0.717) is 18.7 Å². The van der Waals surface area contributed by atoms with Crippen molar-refractivity contribution >= 4 is 27.6 Å². The molecular weight excluding hydrogens is 454 g/mol. The molecule has 0 aliphatic rings. The van der Waals surface area contributed by atoms with Gasteiger partial charge in [0.25, 0.3) is 15.9 Å². The fourth-order valence-electron chi connectivity index (χ4n) is 3.04. The fourth-order valence-corrected chi connectivity index (χ4v) is 4.59. The van der Waals surface area contributed by atoms with E-state index in [9.17, 15) is 23.3 Å². The van der Waals surface area contributed by atoms with Gasteiger partial charge in [-0.2, -0.15) is 5.26 Å². The van der Waals surface area contributed by atoms with Crippen molar-refractivity contribution in [2.45, 2.75) is 51.0 Å². The van der Waals surface area contributed by atoms with E-state index < -0.39 is 34.0 Å². The minimum Gasteiger partial charge on any atom is -0.452 e. The Labute approximate surface area is 201 Å². The van der Waals surface area contributed by atoms with Gasteiger partial charge >= 0.3 is 5.97 Å². The van der Waals surface area contributed by atoms with E-state index >= 15 is 0 Å². The number of para-hydroxylation sites is 1. The molecule has 0 aliphatic heterocycles. The van der Waals surface area contributed by atoms with Gasteiger partial charge in [-0.05, 0) is 49.6 Å². The standard InChI is InChI=1S/C25H31N3O5S/c1-5-6-15-28(21-12-8-7-9-13-21)34(31,32)22-14-10-11-20(16-22)24(30)33-17-23(29)27-25(4,18-26)19(2)3/h7-14,16,19H,5-6,15,17H2,1-4H3,(H,27,29). The van der Waals surface area contributed by atoms with Gasteiger partial charge in [0.1, 0.15) is 5.54 Å². The van der Waals surface area contributed by atoms with Crippen molar-refractivity contribution in [2.24, 2.45) is 5.92 Å². The normalized spacial score (nSPS) is 12.9. The zero-order valence-corrected chi connectivity index (χ0v) is 20.8. The van der Waals surface area contributed by atoms with Crippen LogP contribution in [0.4, 0.5) is 5.69 Å². The molecule has 1 amide bonds.